The Kier molecular flexibility index (Phi) is 5.61. The van der Waals surface area contributed by atoms with E-state index in [0.29, 0.717) is 18.8 Å². The van der Waals surface area contributed by atoms with Gasteiger partial charge < -0.3 is 9.88 Å². The summed E-state index contributed by atoms with van der Waals surface area (Å²) in [5.41, 5.74) is 3.16. The Morgan fingerprint density at radius 2 is 1.68 bits per heavy atom. The molecule has 0 saturated carbocycles. The minimum absolute atomic E-state index is 0.0107. The van der Waals surface area contributed by atoms with E-state index in [1.165, 1.54) is 23.4 Å². The molecule has 34 heavy (non-hydrogen) atoms. The molecule has 0 radical (unpaired) electrons. The van der Waals surface area contributed by atoms with Gasteiger partial charge in [-0.1, -0.05) is 12.1 Å². The van der Waals surface area contributed by atoms with Gasteiger partial charge in [-0.2, -0.15) is 4.31 Å². The molecule has 1 fully saturated rings. The van der Waals surface area contributed by atoms with Gasteiger partial charge in [0, 0.05) is 55.5 Å². The Morgan fingerprint density at radius 1 is 0.971 bits per heavy atom. The van der Waals surface area contributed by atoms with Gasteiger partial charge in [-0.15, -0.1) is 0 Å². The molecule has 3 aromatic rings. The van der Waals surface area contributed by atoms with Gasteiger partial charge in [0.05, 0.1) is 4.90 Å². The van der Waals surface area contributed by atoms with Gasteiger partial charge >= 0.3 is 0 Å². The van der Waals surface area contributed by atoms with E-state index in [0.717, 1.165) is 35.4 Å². The van der Waals surface area contributed by atoms with E-state index in [1.807, 2.05) is 12.1 Å². The topological polar surface area (TPSA) is 88.5 Å². The molecule has 1 saturated heterocycles. The van der Waals surface area contributed by atoms with Gasteiger partial charge in [0.15, 0.2) is 0 Å². The highest BCUT2D eigenvalue weighted by Gasteiger charge is 2.40. The molecule has 176 valence electrons. The largest absolute Gasteiger partial charge is 0.326 e. The van der Waals surface area contributed by atoms with Crippen molar-refractivity contribution in [2.75, 3.05) is 18.4 Å². The molecule has 2 unspecified atom stereocenters. The Labute approximate surface area is 196 Å². The van der Waals surface area contributed by atoms with Crippen LogP contribution in [0.3, 0.4) is 0 Å². The monoisotopic (exact) mass is 481 g/mol. The number of anilines is 1. The van der Waals surface area contributed by atoms with Crippen LogP contribution in [0.1, 0.15) is 25.0 Å². The Balaban J connectivity index is 1.52. The number of carbonyl (C=O) groups excluding carboxylic acids is 1. The van der Waals surface area contributed by atoms with Gasteiger partial charge in [0.2, 0.25) is 15.9 Å². The van der Waals surface area contributed by atoms with Crippen LogP contribution in [0.15, 0.2) is 70.4 Å². The number of nitrogens with one attached hydrogen (secondary N) is 1. The standard InChI is InChI=1S/C25H24FN3O4S/c1-16(30)27-21-6-2-18(3-7-21)23-10-11-24(31)29-14-17-12-19(25(23)29)15-28(13-17)34(32,33)22-8-4-20(26)5-9-22/h2-11,17,19H,12-15H2,1H3,(H,27,30). The Morgan fingerprint density at radius 3 is 2.35 bits per heavy atom. The van der Waals surface area contributed by atoms with Crippen molar-refractivity contribution in [1.82, 2.24) is 8.87 Å². The minimum Gasteiger partial charge on any atom is -0.326 e. The van der Waals surface area contributed by atoms with Gasteiger partial charge in [-0.3, -0.25) is 9.59 Å². The molecule has 1 amide bonds. The van der Waals surface area contributed by atoms with Crippen LogP contribution < -0.4 is 10.9 Å². The quantitative estimate of drug-likeness (QED) is 0.619. The molecule has 1 N–H and O–H groups in total. The van der Waals surface area contributed by atoms with E-state index in [2.05, 4.69) is 5.32 Å². The maximum atomic E-state index is 13.3. The fourth-order valence-corrected chi connectivity index (χ4v) is 6.66. The summed E-state index contributed by atoms with van der Waals surface area (Å²) in [5.74, 6) is -0.790. The summed E-state index contributed by atoms with van der Waals surface area (Å²) in [6, 6.07) is 15.6. The van der Waals surface area contributed by atoms with Crippen molar-refractivity contribution in [1.29, 1.82) is 0 Å². The first-order chi connectivity index (χ1) is 16.2. The molecule has 2 bridgehead atoms. The van der Waals surface area contributed by atoms with Crippen LogP contribution in [0.25, 0.3) is 11.1 Å². The summed E-state index contributed by atoms with van der Waals surface area (Å²) in [5, 5.41) is 2.74. The van der Waals surface area contributed by atoms with Crippen molar-refractivity contribution >= 4 is 21.6 Å². The average molecular weight is 482 g/mol. The molecular weight excluding hydrogens is 457 g/mol. The summed E-state index contributed by atoms with van der Waals surface area (Å²) in [6.07, 6.45) is 0.788. The predicted octanol–water partition coefficient (Wildman–Crippen LogP) is 3.42. The number of fused-ring (bicyclic) bond motifs is 4. The number of halogens is 1. The zero-order valence-electron chi connectivity index (χ0n) is 18.6. The molecule has 7 nitrogen and oxygen atoms in total. The lowest BCUT2D eigenvalue weighted by Gasteiger charge is -2.42. The van der Waals surface area contributed by atoms with Crippen LogP contribution >= 0.6 is 0 Å². The molecule has 5 rings (SSSR count). The van der Waals surface area contributed by atoms with Crippen molar-refractivity contribution in [2.24, 2.45) is 5.92 Å². The predicted molar refractivity (Wildman–Crippen MR) is 126 cm³/mol. The van der Waals surface area contributed by atoms with Crippen molar-refractivity contribution < 1.29 is 17.6 Å². The van der Waals surface area contributed by atoms with Gasteiger partial charge in [-0.25, -0.2) is 12.8 Å². The lowest BCUT2D eigenvalue weighted by atomic mass is 9.81. The second kappa shape index (κ2) is 8.48. The summed E-state index contributed by atoms with van der Waals surface area (Å²) in [7, 11) is -3.79. The molecular formula is C25H24FN3O4S. The SMILES string of the molecule is CC(=O)Nc1ccc(-c2ccc(=O)n3c2C2CC(CN(S(=O)(=O)c4ccc(F)cc4)C2)C3)cc1. The number of sulfonamides is 1. The lowest BCUT2D eigenvalue weighted by molar-refractivity contribution is -0.114. The first-order valence-corrected chi connectivity index (χ1v) is 12.5. The number of piperidine rings is 1. The number of benzene rings is 2. The first kappa shape index (κ1) is 22.5. The fourth-order valence-electron chi connectivity index (χ4n) is 5.10. The summed E-state index contributed by atoms with van der Waals surface area (Å²) >= 11 is 0. The number of hydrogen-bond donors (Lipinski definition) is 1. The molecule has 3 heterocycles. The number of rotatable bonds is 4. The molecule has 2 aliphatic heterocycles. The summed E-state index contributed by atoms with van der Waals surface area (Å²) in [4.78, 5) is 24.1. The number of aromatic nitrogens is 1. The molecule has 0 spiro atoms. The van der Waals surface area contributed by atoms with E-state index in [1.54, 1.807) is 28.8 Å². The maximum Gasteiger partial charge on any atom is 0.250 e. The number of nitrogens with zero attached hydrogens (tertiary/aromatic N) is 2. The number of amides is 1. The van der Waals surface area contributed by atoms with Crippen molar-refractivity contribution in [3.05, 3.63) is 82.5 Å². The minimum atomic E-state index is -3.79. The van der Waals surface area contributed by atoms with Crippen molar-refractivity contribution in [2.45, 2.75) is 30.7 Å². The van der Waals surface area contributed by atoms with Gasteiger partial charge in [0.1, 0.15) is 5.82 Å². The van der Waals surface area contributed by atoms with E-state index < -0.39 is 15.8 Å². The lowest BCUT2D eigenvalue weighted by Crippen LogP contribution is -2.49. The molecule has 2 aliphatic rings. The number of pyridine rings is 1. The highest BCUT2D eigenvalue weighted by atomic mass is 32.2. The molecule has 2 aromatic carbocycles. The zero-order chi connectivity index (χ0) is 24.0. The average Bonchev–Trinajstić information content (AvgIpc) is 2.80. The Bertz CT molecular complexity index is 1420. The van der Waals surface area contributed by atoms with Crippen LogP contribution in [0.4, 0.5) is 10.1 Å². The molecule has 9 heteroatoms. The molecule has 2 atom stereocenters. The summed E-state index contributed by atoms with van der Waals surface area (Å²) < 4.78 is 43.2. The van der Waals surface area contributed by atoms with E-state index in [4.69, 9.17) is 0 Å². The van der Waals surface area contributed by atoms with E-state index in [9.17, 15) is 22.4 Å². The van der Waals surface area contributed by atoms with Gasteiger partial charge in [0.25, 0.3) is 5.56 Å². The number of hydrogen-bond acceptors (Lipinski definition) is 4. The second-order valence-electron chi connectivity index (χ2n) is 8.91. The van der Waals surface area contributed by atoms with Gasteiger partial charge in [-0.05, 0) is 60.4 Å². The first-order valence-electron chi connectivity index (χ1n) is 11.1. The van der Waals surface area contributed by atoms with Crippen LogP contribution in [-0.4, -0.2) is 36.3 Å². The van der Waals surface area contributed by atoms with Crippen molar-refractivity contribution in [3.63, 3.8) is 0 Å². The van der Waals surface area contributed by atoms with Crippen LogP contribution in [0.5, 0.6) is 0 Å². The van der Waals surface area contributed by atoms with Crippen LogP contribution in [0.2, 0.25) is 0 Å². The van der Waals surface area contributed by atoms with Crippen molar-refractivity contribution in [3.8, 4) is 11.1 Å². The third-order valence-corrected chi connectivity index (χ3v) is 8.37. The molecule has 0 aliphatic carbocycles. The highest BCUT2D eigenvalue weighted by Crippen LogP contribution is 2.41. The number of carbonyl (C=O) groups is 1. The molecule has 1 aromatic heterocycles. The van der Waals surface area contributed by atoms with E-state index in [-0.39, 0.29) is 34.7 Å². The fraction of sp³-hybridized carbons (Fsp3) is 0.280. The summed E-state index contributed by atoms with van der Waals surface area (Å²) in [6.45, 7) is 2.45. The Hall–Kier alpha value is -3.30. The maximum absolute atomic E-state index is 13.3. The second-order valence-corrected chi connectivity index (χ2v) is 10.9. The smallest absolute Gasteiger partial charge is 0.250 e. The zero-order valence-corrected chi connectivity index (χ0v) is 19.4. The highest BCUT2D eigenvalue weighted by molar-refractivity contribution is 7.89. The normalized spacial score (nSPS) is 19.9. The van der Waals surface area contributed by atoms with Crippen LogP contribution in [-0.2, 0) is 21.4 Å². The van der Waals surface area contributed by atoms with Crippen LogP contribution in [0, 0.1) is 11.7 Å². The third kappa shape index (κ3) is 4.05. The van der Waals surface area contributed by atoms with E-state index >= 15 is 0 Å². The third-order valence-electron chi connectivity index (χ3n) is 6.52.